The number of nitrogens with zero attached hydrogens (tertiary/aromatic N) is 1. The summed E-state index contributed by atoms with van der Waals surface area (Å²) in [4.78, 5) is 0. The van der Waals surface area contributed by atoms with Crippen LogP contribution in [0.2, 0.25) is 0 Å². The van der Waals surface area contributed by atoms with Gasteiger partial charge in [0, 0.05) is 5.56 Å². The molecule has 0 saturated heterocycles. The van der Waals surface area contributed by atoms with E-state index in [9.17, 15) is 5.11 Å². The predicted molar refractivity (Wildman–Crippen MR) is 55.5 cm³/mol. The molecule has 2 atom stereocenters. The Morgan fingerprint density at radius 1 is 1.40 bits per heavy atom. The largest absolute Gasteiger partial charge is 0.485 e. The van der Waals surface area contributed by atoms with Crippen LogP contribution in [0.1, 0.15) is 25.3 Å². The molecule has 1 aromatic rings. The van der Waals surface area contributed by atoms with Crippen LogP contribution >= 0.6 is 0 Å². The lowest BCUT2D eigenvalue weighted by atomic mass is 9.82. The Kier molecular flexibility index (Phi) is 2.17. The van der Waals surface area contributed by atoms with Crippen LogP contribution in [-0.4, -0.2) is 16.8 Å². The van der Waals surface area contributed by atoms with Gasteiger partial charge in [0.25, 0.3) is 0 Å². The van der Waals surface area contributed by atoms with Crippen LogP contribution in [0.25, 0.3) is 0 Å². The van der Waals surface area contributed by atoms with Crippen molar-refractivity contribution in [2.45, 2.75) is 31.5 Å². The minimum absolute atomic E-state index is 0.509. The normalized spacial score (nSPS) is 27.3. The van der Waals surface area contributed by atoms with Gasteiger partial charge in [-0.25, -0.2) is 0 Å². The van der Waals surface area contributed by atoms with E-state index in [1.807, 2.05) is 24.3 Å². The molecule has 1 heterocycles. The fourth-order valence-electron chi connectivity index (χ4n) is 1.89. The molecular weight excluding hydrogens is 190 g/mol. The third-order valence-corrected chi connectivity index (χ3v) is 2.79. The second-order valence-corrected chi connectivity index (χ2v) is 4.29. The molecule has 0 aliphatic carbocycles. The maximum atomic E-state index is 10.00. The number of benzene rings is 1. The van der Waals surface area contributed by atoms with Crippen LogP contribution in [0, 0.1) is 11.3 Å². The summed E-state index contributed by atoms with van der Waals surface area (Å²) in [6, 6.07) is 9.49. The predicted octanol–water partition coefficient (Wildman–Crippen LogP) is 1.83. The minimum atomic E-state index is -0.794. The first-order valence-corrected chi connectivity index (χ1v) is 4.92. The summed E-state index contributed by atoms with van der Waals surface area (Å²) in [5, 5.41) is 19.1. The maximum absolute atomic E-state index is 10.00. The molecule has 0 radical (unpaired) electrons. The van der Waals surface area contributed by atoms with Crippen molar-refractivity contribution in [3.8, 4) is 11.8 Å². The number of aliphatic hydroxyl groups excluding tert-OH is 1. The SMILES string of the molecule is CC1(C)Oc2ccccc2C(C#N)C1O. The molecule has 1 N–H and O–H groups in total. The molecule has 1 aliphatic heterocycles. The van der Waals surface area contributed by atoms with E-state index in [2.05, 4.69) is 6.07 Å². The zero-order valence-corrected chi connectivity index (χ0v) is 8.77. The zero-order valence-electron chi connectivity index (χ0n) is 8.77. The molecule has 3 heteroatoms. The first-order valence-electron chi connectivity index (χ1n) is 4.92. The van der Waals surface area contributed by atoms with Gasteiger partial charge in [-0.15, -0.1) is 0 Å². The van der Waals surface area contributed by atoms with E-state index < -0.39 is 17.6 Å². The van der Waals surface area contributed by atoms with Crippen molar-refractivity contribution in [1.29, 1.82) is 5.26 Å². The smallest absolute Gasteiger partial charge is 0.131 e. The molecule has 2 rings (SSSR count). The average molecular weight is 203 g/mol. The van der Waals surface area contributed by atoms with Gasteiger partial charge < -0.3 is 9.84 Å². The number of ether oxygens (including phenoxy) is 1. The molecule has 1 aromatic carbocycles. The lowest BCUT2D eigenvalue weighted by Crippen LogP contribution is -2.48. The fourth-order valence-corrected chi connectivity index (χ4v) is 1.89. The Hall–Kier alpha value is -1.53. The summed E-state index contributed by atoms with van der Waals surface area (Å²) >= 11 is 0. The highest BCUT2D eigenvalue weighted by Gasteiger charge is 2.42. The molecule has 3 nitrogen and oxygen atoms in total. The molecule has 78 valence electrons. The molecular formula is C12H13NO2. The Labute approximate surface area is 88.9 Å². The highest BCUT2D eigenvalue weighted by molar-refractivity contribution is 5.43. The van der Waals surface area contributed by atoms with E-state index >= 15 is 0 Å². The van der Waals surface area contributed by atoms with Gasteiger partial charge in [-0.3, -0.25) is 0 Å². The first kappa shape index (κ1) is 10.0. The average Bonchev–Trinajstić information content (AvgIpc) is 2.19. The number of aliphatic hydroxyl groups is 1. The number of hydrogen-bond donors (Lipinski definition) is 1. The van der Waals surface area contributed by atoms with E-state index in [0.29, 0.717) is 5.75 Å². The Morgan fingerprint density at radius 2 is 2.07 bits per heavy atom. The molecule has 0 spiro atoms. The quantitative estimate of drug-likeness (QED) is 0.699. The summed E-state index contributed by atoms with van der Waals surface area (Å²) in [7, 11) is 0. The highest BCUT2D eigenvalue weighted by Crippen LogP contribution is 2.40. The standard InChI is InChI=1S/C12H13NO2/c1-12(2)11(14)9(7-13)8-5-3-4-6-10(8)15-12/h3-6,9,11,14H,1-2H3. The Balaban J connectivity index is 2.54. The van der Waals surface area contributed by atoms with E-state index in [1.54, 1.807) is 13.8 Å². The van der Waals surface area contributed by atoms with Crippen LogP contribution in [0.4, 0.5) is 0 Å². The van der Waals surface area contributed by atoms with Gasteiger partial charge in [0.15, 0.2) is 0 Å². The lowest BCUT2D eigenvalue weighted by molar-refractivity contribution is -0.0486. The third-order valence-electron chi connectivity index (χ3n) is 2.79. The van der Waals surface area contributed by atoms with Crippen LogP contribution in [-0.2, 0) is 0 Å². The lowest BCUT2D eigenvalue weighted by Gasteiger charge is -2.39. The summed E-state index contributed by atoms with van der Waals surface area (Å²) in [5.74, 6) is 0.185. The van der Waals surface area contributed by atoms with Gasteiger partial charge in [-0.05, 0) is 19.9 Å². The Bertz CT molecular complexity index is 420. The van der Waals surface area contributed by atoms with Gasteiger partial charge in [0.1, 0.15) is 23.4 Å². The van der Waals surface area contributed by atoms with Gasteiger partial charge in [-0.2, -0.15) is 5.26 Å². The van der Waals surface area contributed by atoms with E-state index in [1.165, 1.54) is 0 Å². The molecule has 2 unspecified atom stereocenters. The van der Waals surface area contributed by atoms with Gasteiger partial charge in [-0.1, -0.05) is 18.2 Å². The van der Waals surface area contributed by atoms with Crippen molar-refractivity contribution in [2.24, 2.45) is 0 Å². The van der Waals surface area contributed by atoms with Gasteiger partial charge in [0.2, 0.25) is 0 Å². The van der Waals surface area contributed by atoms with Crippen LogP contribution < -0.4 is 4.74 Å². The van der Waals surface area contributed by atoms with E-state index in [4.69, 9.17) is 10.00 Å². The second-order valence-electron chi connectivity index (χ2n) is 4.29. The van der Waals surface area contributed by atoms with Crippen LogP contribution in [0.15, 0.2) is 24.3 Å². The van der Waals surface area contributed by atoms with Crippen molar-refractivity contribution in [3.63, 3.8) is 0 Å². The van der Waals surface area contributed by atoms with Crippen molar-refractivity contribution in [1.82, 2.24) is 0 Å². The zero-order chi connectivity index (χ0) is 11.1. The van der Waals surface area contributed by atoms with Crippen molar-refractivity contribution in [3.05, 3.63) is 29.8 Å². The molecule has 1 aliphatic rings. The molecule has 0 amide bonds. The third kappa shape index (κ3) is 1.47. The minimum Gasteiger partial charge on any atom is -0.485 e. The number of rotatable bonds is 0. The molecule has 0 saturated carbocycles. The van der Waals surface area contributed by atoms with Gasteiger partial charge in [0.05, 0.1) is 6.07 Å². The molecule has 0 aromatic heterocycles. The molecule has 0 fully saturated rings. The molecule has 0 bridgehead atoms. The fraction of sp³-hybridized carbons (Fsp3) is 0.417. The van der Waals surface area contributed by atoms with E-state index in [-0.39, 0.29) is 0 Å². The molecule has 15 heavy (non-hydrogen) atoms. The van der Waals surface area contributed by atoms with Crippen molar-refractivity contribution < 1.29 is 9.84 Å². The van der Waals surface area contributed by atoms with Crippen molar-refractivity contribution >= 4 is 0 Å². The van der Waals surface area contributed by atoms with Crippen LogP contribution in [0.3, 0.4) is 0 Å². The number of nitriles is 1. The monoisotopic (exact) mass is 203 g/mol. The van der Waals surface area contributed by atoms with Crippen LogP contribution in [0.5, 0.6) is 5.75 Å². The summed E-state index contributed by atoms with van der Waals surface area (Å²) in [6.45, 7) is 3.58. The van der Waals surface area contributed by atoms with E-state index in [0.717, 1.165) is 5.56 Å². The first-order chi connectivity index (χ1) is 7.06. The summed E-state index contributed by atoms with van der Waals surface area (Å²) in [6.07, 6.45) is -0.794. The number of para-hydroxylation sites is 1. The number of hydrogen-bond acceptors (Lipinski definition) is 3. The topological polar surface area (TPSA) is 53.2 Å². The number of fused-ring (bicyclic) bond motifs is 1. The Morgan fingerprint density at radius 3 is 2.73 bits per heavy atom. The summed E-state index contributed by atoms with van der Waals surface area (Å²) < 4.78 is 5.66. The maximum Gasteiger partial charge on any atom is 0.131 e. The summed E-state index contributed by atoms with van der Waals surface area (Å²) in [5.41, 5.74) is 0.0567. The second kappa shape index (κ2) is 3.25. The van der Waals surface area contributed by atoms with Gasteiger partial charge >= 0.3 is 0 Å². The van der Waals surface area contributed by atoms with Crippen molar-refractivity contribution in [2.75, 3.05) is 0 Å². The highest BCUT2D eigenvalue weighted by atomic mass is 16.5.